The predicted molar refractivity (Wildman–Crippen MR) is 200 cm³/mol. The summed E-state index contributed by atoms with van der Waals surface area (Å²) in [6.07, 6.45) is 0.116. The molecular formula is C39H57N5O9. The molecule has 0 heterocycles. The van der Waals surface area contributed by atoms with Crippen molar-refractivity contribution in [3.8, 4) is 5.75 Å². The van der Waals surface area contributed by atoms with Gasteiger partial charge in [0.2, 0.25) is 17.6 Å². The molecule has 3 amide bonds. The lowest BCUT2D eigenvalue weighted by Gasteiger charge is -2.50. The van der Waals surface area contributed by atoms with E-state index in [1.54, 1.807) is 39.2 Å². The number of fused-ring (bicyclic) bond motifs is 3. The van der Waals surface area contributed by atoms with Gasteiger partial charge in [-0.2, -0.15) is 0 Å². The number of carbonyl (C=O) groups is 5. The predicted octanol–water partition coefficient (Wildman–Crippen LogP) is 2.91. The van der Waals surface area contributed by atoms with E-state index in [0.717, 1.165) is 0 Å². The number of likely N-dealkylation sites (N-methyl/N-ethyl adjacent to an activating group) is 1. The molecule has 3 aliphatic carbocycles. The van der Waals surface area contributed by atoms with Crippen molar-refractivity contribution in [3.63, 3.8) is 0 Å². The second-order valence-electron chi connectivity index (χ2n) is 17.6. The third-order valence-corrected chi connectivity index (χ3v) is 10.3. The number of aliphatic hydroxyl groups is 3. The van der Waals surface area contributed by atoms with Gasteiger partial charge in [-0.25, -0.2) is 0 Å². The van der Waals surface area contributed by atoms with Gasteiger partial charge in [0.25, 0.3) is 5.91 Å². The van der Waals surface area contributed by atoms with E-state index < -0.39 is 58.0 Å². The monoisotopic (exact) mass is 739 g/mol. The number of amides is 3. The zero-order valence-electron chi connectivity index (χ0n) is 33.2. The van der Waals surface area contributed by atoms with E-state index in [-0.39, 0.29) is 72.1 Å². The Balaban J connectivity index is 1.87. The minimum Gasteiger partial charge on any atom is -0.508 e. The SMILES string of the molecule is CC(=O)N(CNC(=O)C1=C(O)[C@@]2(O)C(=O)C3=C(O)c4c(O)c(CN(CC(C)(C)C)C(C)=O)cc(N(C)C)c4C[C@H]3C[C@H]2[C@H](N(C)C)C1=O)CC(C)(C)C. The Labute approximate surface area is 312 Å². The van der Waals surface area contributed by atoms with E-state index in [9.17, 15) is 44.4 Å². The molecule has 14 nitrogen and oxygen atoms in total. The maximum absolute atomic E-state index is 14.6. The van der Waals surface area contributed by atoms with Crippen molar-refractivity contribution in [2.75, 3.05) is 52.8 Å². The zero-order chi connectivity index (χ0) is 40.3. The van der Waals surface area contributed by atoms with Gasteiger partial charge in [0, 0.05) is 70.3 Å². The number of ketones is 2. The molecule has 5 N–H and O–H groups in total. The van der Waals surface area contributed by atoms with Gasteiger partial charge in [-0.3, -0.25) is 28.9 Å². The number of phenols is 1. The Kier molecular flexibility index (Phi) is 11.2. The summed E-state index contributed by atoms with van der Waals surface area (Å²) in [5.74, 6) is -7.48. The number of nitrogens with zero attached hydrogens (tertiary/aromatic N) is 4. The van der Waals surface area contributed by atoms with E-state index in [1.807, 2.05) is 46.4 Å². The highest BCUT2D eigenvalue weighted by molar-refractivity contribution is 6.25. The van der Waals surface area contributed by atoms with Crippen molar-refractivity contribution < 1.29 is 44.4 Å². The fourth-order valence-corrected chi connectivity index (χ4v) is 8.01. The number of nitrogens with one attached hydrogen (secondary N) is 1. The highest BCUT2D eigenvalue weighted by atomic mass is 16.3. The number of anilines is 1. The third kappa shape index (κ3) is 7.80. The molecule has 0 radical (unpaired) electrons. The molecule has 4 rings (SSSR count). The number of aromatic hydroxyl groups is 1. The highest BCUT2D eigenvalue weighted by Gasteiger charge is 2.64. The normalized spacial score (nSPS) is 23.0. The van der Waals surface area contributed by atoms with Crippen LogP contribution in [0.3, 0.4) is 0 Å². The average Bonchev–Trinajstić information content (AvgIpc) is 3.00. The maximum Gasteiger partial charge on any atom is 0.259 e. The van der Waals surface area contributed by atoms with Crippen LogP contribution in [0.5, 0.6) is 5.75 Å². The van der Waals surface area contributed by atoms with Gasteiger partial charge in [-0.1, -0.05) is 41.5 Å². The fourth-order valence-electron chi connectivity index (χ4n) is 8.01. The van der Waals surface area contributed by atoms with Gasteiger partial charge in [0.15, 0.2) is 11.4 Å². The van der Waals surface area contributed by atoms with Crippen molar-refractivity contribution in [3.05, 3.63) is 39.7 Å². The second kappa shape index (κ2) is 14.4. The van der Waals surface area contributed by atoms with Crippen molar-refractivity contribution in [2.24, 2.45) is 22.7 Å². The van der Waals surface area contributed by atoms with Gasteiger partial charge < -0.3 is 40.4 Å². The van der Waals surface area contributed by atoms with Gasteiger partial charge in [0.05, 0.1) is 18.3 Å². The van der Waals surface area contributed by atoms with Gasteiger partial charge in [0.1, 0.15) is 22.8 Å². The minimum atomic E-state index is -2.78. The van der Waals surface area contributed by atoms with Crippen LogP contribution in [-0.4, -0.2) is 124 Å². The number of phenolic OH excluding ortho intramolecular Hbond substituents is 1. The molecule has 1 aromatic carbocycles. The molecule has 0 bridgehead atoms. The molecule has 4 atom stereocenters. The van der Waals surface area contributed by atoms with Crippen LogP contribution in [0.4, 0.5) is 5.69 Å². The van der Waals surface area contributed by atoms with Gasteiger partial charge in [-0.15, -0.1) is 0 Å². The molecule has 53 heavy (non-hydrogen) atoms. The summed E-state index contributed by atoms with van der Waals surface area (Å²) < 4.78 is 0. The Morgan fingerprint density at radius 3 is 1.94 bits per heavy atom. The number of carbonyl (C=O) groups excluding carboxylic acids is 5. The average molecular weight is 740 g/mol. The topological polar surface area (TPSA) is 191 Å². The van der Waals surface area contributed by atoms with E-state index in [1.165, 1.54) is 23.6 Å². The van der Waals surface area contributed by atoms with Crippen LogP contribution < -0.4 is 10.2 Å². The first kappa shape index (κ1) is 41.3. The first-order valence-corrected chi connectivity index (χ1v) is 17.9. The number of hydrogen-bond donors (Lipinski definition) is 5. The molecule has 3 aliphatic rings. The first-order chi connectivity index (χ1) is 24.2. The third-order valence-electron chi connectivity index (χ3n) is 10.3. The number of Topliss-reactive ketones (excluding diaryl/α,β-unsaturated/α-hetero) is 2. The Morgan fingerprint density at radius 1 is 0.906 bits per heavy atom. The molecule has 14 heteroatoms. The Bertz CT molecular complexity index is 1780. The summed E-state index contributed by atoms with van der Waals surface area (Å²) in [6, 6.07) is 0.543. The molecule has 0 aromatic heterocycles. The van der Waals surface area contributed by atoms with Crippen LogP contribution in [0.15, 0.2) is 23.0 Å². The lowest BCUT2D eigenvalue weighted by atomic mass is 9.57. The molecular weight excluding hydrogens is 682 g/mol. The minimum absolute atomic E-state index is 0.0178. The molecule has 1 saturated carbocycles. The molecule has 0 saturated heterocycles. The highest BCUT2D eigenvalue weighted by Crippen LogP contribution is 2.54. The smallest absolute Gasteiger partial charge is 0.259 e. The number of aliphatic hydroxyl groups excluding tert-OH is 2. The summed E-state index contributed by atoms with van der Waals surface area (Å²) in [5.41, 5.74) is -2.91. The van der Waals surface area contributed by atoms with E-state index >= 15 is 0 Å². The first-order valence-electron chi connectivity index (χ1n) is 17.9. The van der Waals surface area contributed by atoms with Crippen LogP contribution in [0, 0.1) is 22.7 Å². The van der Waals surface area contributed by atoms with E-state index in [0.29, 0.717) is 23.4 Å². The molecule has 0 aliphatic heterocycles. The maximum atomic E-state index is 14.6. The van der Waals surface area contributed by atoms with Crippen LogP contribution in [0.1, 0.15) is 78.5 Å². The summed E-state index contributed by atoms with van der Waals surface area (Å²) >= 11 is 0. The fraction of sp³-hybridized carbons (Fsp3) is 0.615. The summed E-state index contributed by atoms with van der Waals surface area (Å²) in [5, 5.41) is 50.2. The summed E-state index contributed by atoms with van der Waals surface area (Å²) in [6.45, 7) is 14.8. The Morgan fingerprint density at radius 2 is 1.45 bits per heavy atom. The van der Waals surface area contributed by atoms with Gasteiger partial charge in [-0.05, 0) is 55.3 Å². The lowest BCUT2D eigenvalue weighted by Crippen LogP contribution is -2.66. The largest absolute Gasteiger partial charge is 0.508 e. The molecule has 0 unspecified atom stereocenters. The lowest BCUT2D eigenvalue weighted by molar-refractivity contribution is -0.153. The van der Waals surface area contributed by atoms with Crippen LogP contribution >= 0.6 is 0 Å². The summed E-state index contributed by atoms with van der Waals surface area (Å²) in [4.78, 5) is 73.6. The van der Waals surface area contributed by atoms with Crippen molar-refractivity contribution >= 4 is 40.7 Å². The van der Waals surface area contributed by atoms with E-state index in [2.05, 4.69) is 5.32 Å². The summed E-state index contributed by atoms with van der Waals surface area (Å²) in [7, 11) is 6.73. The zero-order valence-corrected chi connectivity index (χ0v) is 33.2. The number of benzene rings is 1. The Hall–Kier alpha value is -4.43. The molecule has 1 aromatic rings. The second-order valence-corrected chi connectivity index (χ2v) is 17.6. The number of rotatable bonds is 9. The quantitative estimate of drug-likeness (QED) is 0.185. The van der Waals surface area contributed by atoms with Crippen molar-refractivity contribution in [1.82, 2.24) is 20.0 Å². The van der Waals surface area contributed by atoms with Crippen LogP contribution in [-0.2, 0) is 36.9 Å². The standard InChI is InChI=1S/C39H57N5O9/c1-20(45)43(17-37(3,4)5)16-23-15-26(41(9)10)24-13-22-14-25-30(42(11)12)33(49)29(36(52)40-19-44(21(2)46)18-38(6,7)8)35(51)39(25,53)34(50)27(22)32(48)28(24)31(23)47/h15,22,25,30,47-48,51,53H,13-14,16-19H2,1-12H3,(H,40,52)/t22-,25-,30-,39-/m0/s1. The molecule has 1 fully saturated rings. The van der Waals surface area contributed by atoms with Crippen molar-refractivity contribution in [1.29, 1.82) is 0 Å². The van der Waals surface area contributed by atoms with Crippen LogP contribution in [0.25, 0.3) is 5.76 Å². The molecule has 0 spiro atoms. The van der Waals surface area contributed by atoms with Crippen molar-refractivity contribution in [2.45, 2.75) is 86.4 Å². The van der Waals surface area contributed by atoms with Gasteiger partial charge >= 0.3 is 0 Å². The van der Waals surface area contributed by atoms with E-state index in [4.69, 9.17) is 0 Å². The molecule has 292 valence electrons. The number of hydrogen-bond acceptors (Lipinski definition) is 11. The van der Waals surface area contributed by atoms with Crippen LogP contribution in [0.2, 0.25) is 0 Å².